The molecule has 3 aromatic rings. The monoisotopic (exact) mass is 408 g/mol. The van der Waals surface area contributed by atoms with E-state index in [0.29, 0.717) is 16.5 Å². The summed E-state index contributed by atoms with van der Waals surface area (Å²) in [5, 5.41) is 20.0. The van der Waals surface area contributed by atoms with Crippen LogP contribution in [0.5, 0.6) is 0 Å². The van der Waals surface area contributed by atoms with Gasteiger partial charge in [0.05, 0.1) is 12.2 Å². The Labute approximate surface area is 171 Å². The summed E-state index contributed by atoms with van der Waals surface area (Å²) >= 11 is 6.13. The number of carbonyl (C=O) groups excluding carboxylic acids is 1. The van der Waals surface area contributed by atoms with Crippen LogP contribution >= 0.6 is 11.6 Å². The SMILES string of the molecule is Cc1ccc(NC(=O)c2cnn3c2NC(C(=O)O)=CC3c2ccccc2)cc1Cl. The normalized spacial score (nSPS) is 15.1. The lowest BCUT2D eigenvalue weighted by Crippen LogP contribution is -2.25. The van der Waals surface area contributed by atoms with Gasteiger partial charge in [0.1, 0.15) is 17.1 Å². The number of nitrogens with zero attached hydrogens (tertiary/aromatic N) is 2. The van der Waals surface area contributed by atoms with E-state index in [4.69, 9.17) is 11.6 Å². The molecule has 0 saturated carbocycles. The second-order valence-corrected chi connectivity index (χ2v) is 7.04. The van der Waals surface area contributed by atoms with E-state index in [1.807, 2.05) is 37.3 Å². The van der Waals surface area contributed by atoms with Gasteiger partial charge in [0.25, 0.3) is 5.91 Å². The first kappa shape index (κ1) is 18.8. The molecule has 7 nitrogen and oxygen atoms in total. The van der Waals surface area contributed by atoms with Gasteiger partial charge in [-0.15, -0.1) is 0 Å². The van der Waals surface area contributed by atoms with Gasteiger partial charge in [-0.3, -0.25) is 4.79 Å². The smallest absolute Gasteiger partial charge is 0.352 e. The van der Waals surface area contributed by atoms with Crippen LogP contribution in [0.15, 0.2) is 66.5 Å². The number of aliphatic carboxylic acids is 1. The third-order valence-corrected chi connectivity index (χ3v) is 5.09. The van der Waals surface area contributed by atoms with Crippen molar-refractivity contribution in [3.05, 3.63) is 88.2 Å². The van der Waals surface area contributed by atoms with Crippen molar-refractivity contribution in [1.82, 2.24) is 9.78 Å². The molecule has 1 unspecified atom stereocenters. The Hall–Kier alpha value is -3.58. The molecule has 1 aliphatic rings. The Balaban J connectivity index is 1.70. The van der Waals surface area contributed by atoms with Crippen LogP contribution in [0.3, 0.4) is 0 Å². The molecule has 0 spiro atoms. The number of carboxylic acids is 1. The summed E-state index contributed by atoms with van der Waals surface area (Å²) in [6, 6.07) is 14.1. The number of hydrogen-bond donors (Lipinski definition) is 3. The van der Waals surface area contributed by atoms with E-state index < -0.39 is 17.9 Å². The van der Waals surface area contributed by atoms with Crippen molar-refractivity contribution in [2.24, 2.45) is 0 Å². The summed E-state index contributed by atoms with van der Waals surface area (Å²) in [5.74, 6) is -1.22. The molecule has 3 N–H and O–H groups in total. The predicted octanol–water partition coefficient (Wildman–Crippen LogP) is 4.08. The van der Waals surface area contributed by atoms with Crippen molar-refractivity contribution < 1.29 is 14.7 Å². The van der Waals surface area contributed by atoms with Crippen molar-refractivity contribution in [2.45, 2.75) is 13.0 Å². The van der Waals surface area contributed by atoms with Gasteiger partial charge in [0.2, 0.25) is 0 Å². The zero-order valence-corrected chi connectivity index (χ0v) is 16.1. The Kier molecular flexibility index (Phi) is 4.82. The fourth-order valence-electron chi connectivity index (χ4n) is 3.14. The minimum atomic E-state index is -1.12. The van der Waals surface area contributed by atoms with Crippen LogP contribution in [-0.4, -0.2) is 26.8 Å². The van der Waals surface area contributed by atoms with Gasteiger partial charge in [-0.05, 0) is 36.3 Å². The summed E-state index contributed by atoms with van der Waals surface area (Å²) in [6.45, 7) is 1.87. The van der Waals surface area contributed by atoms with Gasteiger partial charge < -0.3 is 15.7 Å². The number of aromatic nitrogens is 2. The molecule has 146 valence electrons. The third-order valence-electron chi connectivity index (χ3n) is 4.68. The maximum absolute atomic E-state index is 12.8. The minimum absolute atomic E-state index is 0.0146. The highest BCUT2D eigenvalue weighted by Crippen LogP contribution is 2.32. The molecule has 0 aliphatic carbocycles. The molecule has 0 saturated heterocycles. The molecule has 4 rings (SSSR count). The molecular weight excluding hydrogens is 392 g/mol. The molecule has 1 atom stereocenters. The molecule has 29 heavy (non-hydrogen) atoms. The number of amides is 1. The summed E-state index contributed by atoms with van der Waals surface area (Å²) in [4.78, 5) is 24.5. The predicted molar refractivity (Wildman–Crippen MR) is 110 cm³/mol. The van der Waals surface area contributed by atoms with Crippen molar-refractivity contribution in [1.29, 1.82) is 0 Å². The zero-order chi connectivity index (χ0) is 20.5. The number of nitrogens with one attached hydrogen (secondary N) is 2. The number of allylic oxidation sites excluding steroid dienone is 1. The first-order valence-corrected chi connectivity index (χ1v) is 9.24. The lowest BCUT2D eigenvalue weighted by molar-refractivity contribution is -0.132. The van der Waals surface area contributed by atoms with Crippen LogP contribution in [0.25, 0.3) is 0 Å². The number of rotatable bonds is 4. The Morgan fingerprint density at radius 2 is 1.97 bits per heavy atom. The zero-order valence-electron chi connectivity index (χ0n) is 15.4. The first-order chi connectivity index (χ1) is 13.9. The van der Waals surface area contributed by atoms with E-state index >= 15 is 0 Å². The van der Waals surface area contributed by atoms with Gasteiger partial charge in [0, 0.05) is 10.7 Å². The lowest BCUT2D eigenvalue weighted by atomic mass is 10.0. The van der Waals surface area contributed by atoms with Gasteiger partial charge >= 0.3 is 5.97 Å². The molecule has 0 radical (unpaired) electrons. The second kappa shape index (κ2) is 7.44. The van der Waals surface area contributed by atoms with Crippen LogP contribution < -0.4 is 10.6 Å². The van der Waals surface area contributed by atoms with Gasteiger partial charge in [-0.2, -0.15) is 5.10 Å². The molecule has 8 heteroatoms. The number of hydrogen-bond acceptors (Lipinski definition) is 4. The lowest BCUT2D eigenvalue weighted by Gasteiger charge is -2.24. The van der Waals surface area contributed by atoms with E-state index in [9.17, 15) is 14.7 Å². The van der Waals surface area contributed by atoms with Gasteiger partial charge in [-0.25, -0.2) is 9.48 Å². The molecule has 1 aliphatic heterocycles. The average Bonchev–Trinajstić information content (AvgIpc) is 3.15. The fraction of sp³-hybridized carbons (Fsp3) is 0.0952. The number of carbonyl (C=O) groups is 2. The average molecular weight is 409 g/mol. The van der Waals surface area contributed by atoms with Gasteiger partial charge in [-0.1, -0.05) is 48.0 Å². The Morgan fingerprint density at radius 3 is 2.66 bits per heavy atom. The minimum Gasteiger partial charge on any atom is -0.477 e. The number of halogens is 1. The summed E-state index contributed by atoms with van der Waals surface area (Å²) in [5.41, 5.74) is 2.51. The number of aryl methyl sites for hydroxylation is 1. The molecule has 0 bridgehead atoms. The second-order valence-electron chi connectivity index (χ2n) is 6.64. The molecule has 0 fully saturated rings. The van der Waals surface area contributed by atoms with Crippen LogP contribution in [0, 0.1) is 6.92 Å². The third kappa shape index (κ3) is 3.60. The molecule has 2 aromatic carbocycles. The number of benzene rings is 2. The molecule has 2 heterocycles. The molecular formula is C21H17ClN4O3. The number of fused-ring (bicyclic) bond motifs is 1. The summed E-state index contributed by atoms with van der Waals surface area (Å²) in [7, 11) is 0. The molecule has 1 aromatic heterocycles. The Morgan fingerprint density at radius 1 is 1.21 bits per heavy atom. The van der Waals surface area contributed by atoms with Crippen molar-refractivity contribution in [3.63, 3.8) is 0 Å². The highest BCUT2D eigenvalue weighted by Gasteiger charge is 2.29. The topological polar surface area (TPSA) is 96.3 Å². The molecule has 1 amide bonds. The van der Waals surface area contributed by atoms with Crippen LogP contribution in [0.4, 0.5) is 11.5 Å². The quantitative estimate of drug-likeness (QED) is 0.604. The van der Waals surface area contributed by atoms with E-state index in [2.05, 4.69) is 15.7 Å². The number of carboxylic acid groups (broad SMARTS) is 1. The van der Waals surface area contributed by atoms with Crippen molar-refractivity contribution >= 4 is 35.0 Å². The van der Waals surface area contributed by atoms with E-state index in [-0.39, 0.29) is 11.3 Å². The first-order valence-electron chi connectivity index (χ1n) is 8.86. The van der Waals surface area contributed by atoms with E-state index in [0.717, 1.165) is 11.1 Å². The van der Waals surface area contributed by atoms with E-state index in [1.165, 1.54) is 6.20 Å². The summed E-state index contributed by atoms with van der Waals surface area (Å²) < 4.78 is 1.60. The summed E-state index contributed by atoms with van der Waals surface area (Å²) in [6.07, 6.45) is 2.99. The highest BCUT2D eigenvalue weighted by molar-refractivity contribution is 6.31. The maximum Gasteiger partial charge on any atom is 0.352 e. The highest BCUT2D eigenvalue weighted by atomic mass is 35.5. The van der Waals surface area contributed by atoms with Gasteiger partial charge in [0.15, 0.2) is 0 Å². The van der Waals surface area contributed by atoms with E-state index in [1.54, 1.807) is 29.0 Å². The number of anilines is 2. The fourth-order valence-corrected chi connectivity index (χ4v) is 3.32. The van der Waals surface area contributed by atoms with Crippen molar-refractivity contribution in [2.75, 3.05) is 10.6 Å². The maximum atomic E-state index is 12.8. The Bertz CT molecular complexity index is 1140. The van der Waals surface area contributed by atoms with Crippen LogP contribution in [-0.2, 0) is 4.79 Å². The standard InChI is InChI=1S/C21H17ClN4O3/c1-12-7-8-14(9-16(12)22)24-20(27)15-11-23-26-18(13-5-3-2-4-6-13)10-17(21(28)29)25-19(15)26/h2-11,18,25H,1H3,(H,24,27)(H,28,29). The van der Waals surface area contributed by atoms with Crippen molar-refractivity contribution in [3.8, 4) is 0 Å². The van der Waals surface area contributed by atoms with Crippen LogP contribution in [0.2, 0.25) is 5.02 Å². The largest absolute Gasteiger partial charge is 0.477 e. The van der Waals surface area contributed by atoms with Crippen LogP contribution in [0.1, 0.15) is 27.5 Å².